The lowest BCUT2D eigenvalue weighted by atomic mass is 10.1. The van der Waals surface area contributed by atoms with Gasteiger partial charge in [0.15, 0.2) is 0 Å². The van der Waals surface area contributed by atoms with Gasteiger partial charge in [-0.25, -0.2) is 0 Å². The molecule has 0 atom stereocenters. The Morgan fingerprint density at radius 1 is 1.38 bits per heavy atom. The molecule has 1 fully saturated rings. The Morgan fingerprint density at radius 3 is 2.62 bits per heavy atom. The van der Waals surface area contributed by atoms with Gasteiger partial charge in [-0.1, -0.05) is 6.92 Å². The summed E-state index contributed by atoms with van der Waals surface area (Å²) in [5, 5.41) is 3.18. The van der Waals surface area contributed by atoms with Crippen LogP contribution in [0.1, 0.15) is 33.1 Å². The van der Waals surface area contributed by atoms with Crippen LogP contribution in [0.15, 0.2) is 0 Å². The fraction of sp³-hybridized carbons (Fsp3) is 0.917. The summed E-state index contributed by atoms with van der Waals surface area (Å²) in [4.78, 5) is 13.7. The summed E-state index contributed by atoms with van der Waals surface area (Å²) in [5.41, 5.74) is 0. The highest BCUT2D eigenvalue weighted by Gasteiger charge is 2.22. The van der Waals surface area contributed by atoms with Crippen molar-refractivity contribution in [2.75, 3.05) is 32.8 Å². The summed E-state index contributed by atoms with van der Waals surface area (Å²) in [7, 11) is 0. The van der Waals surface area contributed by atoms with Crippen molar-refractivity contribution in [1.29, 1.82) is 0 Å². The quantitative estimate of drug-likeness (QED) is 0.690. The van der Waals surface area contributed by atoms with Gasteiger partial charge in [0.05, 0.1) is 6.10 Å². The van der Waals surface area contributed by atoms with Crippen molar-refractivity contribution >= 4 is 5.91 Å². The Morgan fingerprint density at radius 2 is 2.06 bits per heavy atom. The van der Waals surface area contributed by atoms with Gasteiger partial charge >= 0.3 is 0 Å². The van der Waals surface area contributed by atoms with E-state index in [9.17, 15) is 4.79 Å². The molecule has 1 aliphatic rings. The highest BCUT2D eigenvalue weighted by atomic mass is 16.5. The average Bonchev–Trinajstić information content (AvgIpc) is 2.30. The van der Waals surface area contributed by atoms with E-state index in [4.69, 9.17) is 4.74 Å². The van der Waals surface area contributed by atoms with E-state index < -0.39 is 0 Å². The van der Waals surface area contributed by atoms with Gasteiger partial charge in [-0.05, 0) is 26.3 Å². The number of hydrogen-bond acceptors (Lipinski definition) is 3. The number of carbonyl (C=O) groups excluding carboxylic acids is 1. The summed E-state index contributed by atoms with van der Waals surface area (Å²) in [6, 6.07) is 0. The summed E-state index contributed by atoms with van der Waals surface area (Å²) in [6.45, 7) is 8.29. The lowest BCUT2D eigenvalue weighted by molar-refractivity contribution is -0.133. The zero-order valence-corrected chi connectivity index (χ0v) is 10.5. The molecule has 1 aliphatic heterocycles. The maximum Gasteiger partial charge on any atom is 0.223 e. The smallest absolute Gasteiger partial charge is 0.223 e. The van der Waals surface area contributed by atoms with E-state index in [-0.39, 0.29) is 5.91 Å². The van der Waals surface area contributed by atoms with E-state index in [1.165, 1.54) is 0 Å². The molecule has 0 aromatic rings. The Labute approximate surface area is 98.3 Å². The molecule has 1 N–H and O–H groups in total. The number of likely N-dealkylation sites (tertiary alicyclic amines) is 1. The van der Waals surface area contributed by atoms with Crippen molar-refractivity contribution in [1.82, 2.24) is 10.2 Å². The fourth-order valence-corrected chi connectivity index (χ4v) is 2.04. The van der Waals surface area contributed by atoms with Crippen LogP contribution in [0.25, 0.3) is 0 Å². The fourth-order valence-electron chi connectivity index (χ4n) is 2.04. The van der Waals surface area contributed by atoms with Crippen LogP contribution >= 0.6 is 0 Å². The topological polar surface area (TPSA) is 41.6 Å². The lowest BCUT2D eigenvalue weighted by Gasteiger charge is -2.31. The second-order valence-electron chi connectivity index (χ2n) is 4.14. The van der Waals surface area contributed by atoms with Gasteiger partial charge in [0, 0.05) is 32.7 Å². The van der Waals surface area contributed by atoms with Crippen molar-refractivity contribution in [3.05, 3.63) is 0 Å². The molecule has 4 heteroatoms. The molecule has 1 rings (SSSR count). The minimum atomic E-state index is 0.274. The van der Waals surface area contributed by atoms with Gasteiger partial charge < -0.3 is 15.0 Å². The number of ether oxygens (including phenoxy) is 1. The Balaban J connectivity index is 2.17. The van der Waals surface area contributed by atoms with Crippen molar-refractivity contribution in [3.63, 3.8) is 0 Å². The van der Waals surface area contributed by atoms with Crippen LogP contribution in [0.4, 0.5) is 0 Å². The number of amides is 1. The molecule has 16 heavy (non-hydrogen) atoms. The molecule has 0 saturated carbocycles. The second-order valence-corrected chi connectivity index (χ2v) is 4.14. The minimum absolute atomic E-state index is 0.274. The third kappa shape index (κ3) is 4.49. The number of rotatable bonds is 6. The van der Waals surface area contributed by atoms with E-state index in [0.717, 1.165) is 45.6 Å². The van der Waals surface area contributed by atoms with Gasteiger partial charge in [-0.3, -0.25) is 4.79 Å². The number of nitrogens with zero attached hydrogens (tertiary/aromatic N) is 1. The molecule has 0 bridgehead atoms. The van der Waals surface area contributed by atoms with Crippen molar-refractivity contribution in [2.24, 2.45) is 0 Å². The summed E-state index contributed by atoms with van der Waals surface area (Å²) in [5.74, 6) is 0.274. The third-order valence-electron chi connectivity index (χ3n) is 2.96. The van der Waals surface area contributed by atoms with Gasteiger partial charge in [0.2, 0.25) is 5.91 Å². The summed E-state index contributed by atoms with van der Waals surface area (Å²) < 4.78 is 5.56. The Kier molecular flexibility index (Phi) is 6.42. The van der Waals surface area contributed by atoms with E-state index in [0.29, 0.717) is 12.5 Å². The average molecular weight is 228 g/mol. The van der Waals surface area contributed by atoms with Gasteiger partial charge in [-0.2, -0.15) is 0 Å². The van der Waals surface area contributed by atoms with E-state index >= 15 is 0 Å². The zero-order valence-electron chi connectivity index (χ0n) is 10.5. The molecule has 0 radical (unpaired) electrons. The molecule has 4 nitrogen and oxygen atoms in total. The van der Waals surface area contributed by atoms with Crippen LogP contribution in [-0.2, 0) is 9.53 Å². The molecular weight excluding hydrogens is 204 g/mol. The first kappa shape index (κ1) is 13.5. The van der Waals surface area contributed by atoms with Crippen LogP contribution in [-0.4, -0.2) is 49.7 Å². The molecule has 94 valence electrons. The van der Waals surface area contributed by atoms with Crippen LogP contribution in [0.5, 0.6) is 0 Å². The highest BCUT2D eigenvalue weighted by molar-refractivity contribution is 5.76. The van der Waals surface area contributed by atoms with Gasteiger partial charge in [-0.15, -0.1) is 0 Å². The standard InChI is InChI=1S/C12H24N2O2/c1-3-13-8-5-12(15)14-9-6-11(7-10-14)16-4-2/h11,13H,3-10H2,1-2H3. The SMILES string of the molecule is CCNCCC(=O)N1CCC(OCC)CC1. The van der Waals surface area contributed by atoms with Gasteiger partial charge in [0.1, 0.15) is 0 Å². The maximum atomic E-state index is 11.8. The first-order chi connectivity index (χ1) is 7.77. The monoisotopic (exact) mass is 228 g/mol. The number of piperidine rings is 1. The Hall–Kier alpha value is -0.610. The number of nitrogens with one attached hydrogen (secondary N) is 1. The maximum absolute atomic E-state index is 11.8. The highest BCUT2D eigenvalue weighted by Crippen LogP contribution is 2.14. The molecule has 0 aromatic carbocycles. The Bertz CT molecular complexity index is 201. The number of hydrogen-bond donors (Lipinski definition) is 1. The van der Waals surface area contributed by atoms with Crippen LogP contribution in [0, 0.1) is 0 Å². The second kappa shape index (κ2) is 7.63. The summed E-state index contributed by atoms with van der Waals surface area (Å²) in [6.07, 6.45) is 2.96. The zero-order chi connectivity index (χ0) is 11.8. The third-order valence-corrected chi connectivity index (χ3v) is 2.96. The molecule has 1 saturated heterocycles. The van der Waals surface area contributed by atoms with Crippen molar-refractivity contribution < 1.29 is 9.53 Å². The van der Waals surface area contributed by atoms with Crippen molar-refractivity contribution in [2.45, 2.75) is 39.2 Å². The van der Waals surface area contributed by atoms with Gasteiger partial charge in [0.25, 0.3) is 0 Å². The van der Waals surface area contributed by atoms with Crippen LogP contribution < -0.4 is 5.32 Å². The molecule has 1 amide bonds. The van der Waals surface area contributed by atoms with Crippen LogP contribution in [0.3, 0.4) is 0 Å². The van der Waals surface area contributed by atoms with E-state index in [1.54, 1.807) is 0 Å². The molecule has 0 unspecified atom stereocenters. The lowest BCUT2D eigenvalue weighted by Crippen LogP contribution is -2.41. The van der Waals surface area contributed by atoms with Crippen molar-refractivity contribution in [3.8, 4) is 0 Å². The predicted octanol–water partition coefficient (Wildman–Crippen LogP) is 1.01. The predicted molar refractivity (Wildman–Crippen MR) is 64.4 cm³/mol. The molecule has 0 spiro atoms. The first-order valence-corrected chi connectivity index (χ1v) is 6.38. The molecule has 1 heterocycles. The molecule has 0 aliphatic carbocycles. The first-order valence-electron chi connectivity index (χ1n) is 6.38. The molecular formula is C12H24N2O2. The minimum Gasteiger partial charge on any atom is -0.378 e. The molecule has 0 aromatic heterocycles. The van der Waals surface area contributed by atoms with Crippen LogP contribution in [0.2, 0.25) is 0 Å². The largest absolute Gasteiger partial charge is 0.378 e. The van der Waals surface area contributed by atoms with E-state index in [2.05, 4.69) is 12.2 Å². The normalized spacial score (nSPS) is 17.8. The number of carbonyl (C=O) groups is 1. The summed E-state index contributed by atoms with van der Waals surface area (Å²) >= 11 is 0. The van der Waals surface area contributed by atoms with E-state index in [1.807, 2.05) is 11.8 Å².